The van der Waals surface area contributed by atoms with Crippen molar-refractivity contribution >= 4 is 10.1 Å². The molecule has 8 heteroatoms. The molecule has 102 valence electrons. The Balaban J connectivity index is 0.00000256. The average Bonchev–Trinajstić information content (AvgIpc) is 2.07. The molecule has 1 aliphatic carbocycles. The molecule has 1 rings (SSSR count). The fourth-order valence-electron chi connectivity index (χ4n) is 1.17. The molecule has 0 N–H and O–H groups in total. The second kappa shape index (κ2) is 6.57. The van der Waals surface area contributed by atoms with Gasteiger partial charge in [0.25, 0.3) is 0 Å². The van der Waals surface area contributed by atoms with Gasteiger partial charge in [-0.1, -0.05) is 12.2 Å². The van der Waals surface area contributed by atoms with Crippen molar-refractivity contribution in [1.29, 1.82) is 0 Å². The van der Waals surface area contributed by atoms with Crippen molar-refractivity contribution in [1.82, 2.24) is 0 Å². The summed E-state index contributed by atoms with van der Waals surface area (Å²) in [6.45, 7) is 0. The molecule has 0 saturated carbocycles. The number of rotatable bonds is 2. The molecule has 1 aliphatic rings. The van der Waals surface area contributed by atoms with Gasteiger partial charge in [-0.2, -0.15) is 21.6 Å². The van der Waals surface area contributed by atoms with Gasteiger partial charge in [0.05, 0.1) is 0 Å². The number of hydrogen-bond donors (Lipinski definition) is 0. The van der Waals surface area contributed by atoms with Crippen molar-refractivity contribution in [3.63, 3.8) is 0 Å². The monoisotopic (exact) mass is 362 g/mol. The largest absolute Gasteiger partial charge is 0.534 e. The minimum absolute atomic E-state index is 0. The van der Waals surface area contributed by atoms with Gasteiger partial charge in [-0.25, -0.2) is 0 Å². The van der Waals surface area contributed by atoms with E-state index in [2.05, 4.69) is 4.18 Å². The summed E-state index contributed by atoms with van der Waals surface area (Å²) in [5.74, 6) is -0.137. The van der Waals surface area contributed by atoms with E-state index in [0.29, 0.717) is 19.3 Å². The minimum Gasteiger partial charge on any atom is -0.381 e. The Morgan fingerprint density at radius 3 is 2.29 bits per heavy atom. The number of alkyl halides is 3. The molecule has 0 spiro atoms. The van der Waals surface area contributed by atoms with Crippen LogP contribution in [0.4, 0.5) is 13.2 Å². The minimum atomic E-state index is -5.52. The van der Waals surface area contributed by atoms with Crippen molar-refractivity contribution in [3.05, 3.63) is 24.0 Å². The molecule has 0 heterocycles. The van der Waals surface area contributed by atoms with Gasteiger partial charge in [0, 0.05) is 26.8 Å². The molecule has 0 aromatic heterocycles. The predicted octanol–water partition coefficient (Wildman–Crippen LogP) is 2.86. The second-order valence-corrected chi connectivity index (χ2v) is 4.78. The van der Waals surface area contributed by atoms with Crippen LogP contribution in [-0.2, 0) is 34.7 Å². The Kier molecular flexibility index (Phi) is 6.45. The Labute approximate surface area is 111 Å². The molecule has 0 radical (unpaired) electrons. The molecule has 0 fully saturated rings. The van der Waals surface area contributed by atoms with Crippen LogP contribution in [0.2, 0.25) is 0 Å². The zero-order valence-electron chi connectivity index (χ0n) is 8.64. The van der Waals surface area contributed by atoms with Crippen molar-refractivity contribution in [2.24, 2.45) is 0 Å². The number of halogens is 3. The van der Waals surface area contributed by atoms with E-state index in [0.717, 1.165) is 0 Å². The first kappa shape index (κ1) is 16.7. The smallest absolute Gasteiger partial charge is 0.381 e. The van der Waals surface area contributed by atoms with E-state index >= 15 is 0 Å². The number of allylic oxidation sites excluding steroid dienone is 4. The van der Waals surface area contributed by atoms with Crippen molar-refractivity contribution in [3.8, 4) is 0 Å². The van der Waals surface area contributed by atoms with Gasteiger partial charge in [-0.05, 0) is 25.3 Å². The van der Waals surface area contributed by atoms with E-state index in [1.165, 1.54) is 6.08 Å². The van der Waals surface area contributed by atoms with Crippen LogP contribution in [0, 0.1) is 0 Å². The Morgan fingerprint density at radius 1 is 1.12 bits per heavy atom. The first-order chi connectivity index (χ1) is 7.33. The SMILES string of the molecule is O=S(=O)(OC1=CCCC=CCC1)C(F)(F)F.[Pd]. The third-order valence-electron chi connectivity index (χ3n) is 1.93. The summed E-state index contributed by atoms with van der Waals surface area (Å²) in [6, 6.07) is 0. The van der Waals surface area contributed by atoms with E-state index in [1.54, 1.807) is 6.08 Å². The third-order valence-corrected chi connectivity index (χ3v) is 2.93. The van der Waals surface area contributed by atoms with E-state index < -0.39 is 15.6 Å². The Morgan fingerprint density at radius 2 is 1.71 bits per heavy atom. The van der Waals surface area contributed by atoms with Crippen LogP contribution in [0.1, 0.15) is 25.7 Å². The first-order valence-corrected chi connectivity index (χ1v) is 6.08. The van der Waals surface area contributed by atoms with E-state index in [-0.39, 0.29) is 32.6 Å². The van der Waals surface area contributed by atoms with E-state index in [1.807, 2.05) is 6.08 Å². The molecule has 0 aromatic rings. The molecule has 0 atom stereocenters. The standard InChI is InChI=1S/C9H11F3O3S.Pd/c10-9(11,12)16(13,14)15-8-6-4-2-1-3-5-7-8;/h1-2,7H,3-6H2;. The quantitative estimate of drug-likeness (QED) is 0.328. The molecule has 0 amide bonds. The molecule has 17 heavy (non-hydrogen) atoms. The number of hydrogen-bond acceptors (Lipinski definition) is 3. The zero-order chi connectivity index (χ0) is 12.2. The maximum atomic E-state index is 12.0. The van der Waals surface area contributed by atoms with Crippen molar-refractivity contribution < 1.29 is 46.2 Å². The molecule has 0 saturated heterocycles. The normalized spacial score (nSPS) is 17.5. The summed E-state index contributed by atoms with van der Waals surface area (Å²) in [6.07, 6.45) is 6.83. The zero-order valence-corrected chi connectivity index (χ0v) is 11.0. The van der Waals surface area contributed by atoms with Crippen molar-refractivity contribution in [2.75, 3.05) is 0 Å². The van der Waals surface area contributed by atoms with Gasteiger partial charge in [-0.15, -0.1) is 0 Å². The van der Waals surface area contributed by atoms with Crippen LogP contribution in [0.3, 0.4) is 0 Å². The molecule has 3 nitrogen and oxygen atoms in total. The topological polar surface area (TPSA) is 43.4 Å². The Hall–Kier alpha value is -0.318. The molecular formula is C9H11F3O3PdS. The van der Waals surface area contributed by atoms with Gasteiger partial charge in [0.2, 0.25) is 0 Å². The van der Waals surface area contributed by atoms with Gasteiger partial charge < -0.3 is 4.18 Å². The molecule has 0 aromatic carbocycles. The van der Waals surface area contributed by atoms with Gasteiger partial charge in [0.15, 0.2) is 0 Å². The van der Waals surface area contributed by atoms with Crippen LogP contribution in [0.25, 0.3) is 0 Å². The fourth-order valence-corrected chi connectivity index (χ4v) is 1.70. The maximum absolute atomic E-state index is 12.0. The van der Waals surface area contributed by atoms with E-state index in [4.69, 9.17) is 0 Å². The predicted molar refractivity (Wildman–Crippen MR) is 51.8 cm³/mol. The van der Waals surface area contributed by atoms with Crippen LogP contribution >= 0.6 is 0 Å². The summed E-state index contributed by atoms with van der Waals surface area (Å²) in [5, 5.41) is 0. The molecule has 0 unspecified atom stereocenters. The fraction of sp³-hybridized carbons (Fsp3) is 0.556. The third kappa shape index (κ3) is 5.23. The summed E-state index contributed by atoms with van der Waals surface area (Å²) in [7, 11) is -5.52. The summed E-state index contributed by atoms with van der Waals surface area (Å²) >= 11 is 0. The van der Waals surface area contributed by atoms with E-state index in [9.17, 15) is 21.6 Å². The molecule has 0 bridgehead atoms. The molecule has 0 aliphatic heterocycles. The summed E-state index contributed by atoms with van der Waals surface area (Å²) < 4.78 is 61.5. The van der Waals surface area contributed by atoms with Crippen LogP contribution in [0.15, 0.2) is 24.0 Å². The van der Waals surface area contributed by atoms with Gasteiger partial charge in [-0.3, -0.25) is 0 Å². The maximum Gasteiger partial charge on any atom is 0.534 e. The van der Waals surface area contributed by atoms with Crippen molar-refractivity contribution in [2.45, 2.75) is 31.2 Å². The summed E-state index contributed by atoms with van der Waals surface area (Å²) in [5.41, 5.74) is -5.37. The van der Waals surface area contributed by atoms with Crippen LogP contribution < -0.4 is 0 Å². The second-order valence-electron chi connectivity index (χ2n) is 3.24. The van der Waals surface area contributed by atoms with Gasteiger partial charge >= 0.3 is 15.6 Å². The molecular weight excluding hydrogens is 352 g/mol. The summed E-state index contributed by atoms with van der Waals surface area (Å²) in [4.78, 5) is 0. The Bertz CT molecular complexity index is 398. The first-order valence-electron chi connectivity index (χ1n) is 4.68. The van der Waals surface area contributed by atoms with Gasteiger partial charge in [0.1, 0.15) is 5.76 Å². The average molecular weight is 363 g/mol. The van der Waals surface area contributed by atoms with Crippen LogP contribution in [-0.4, -0.2) is 13.9 Å². The van der Waals surface area contributed by atoms with Crippen LogP contribution in [0.5, 0.6) is 0 Å².